The van der Waals surface area contributed by atoms with Gasteiger partial charge in [0.25, 0.3) is 0 Å². The van der Waals surface area contributed by atoms with Crippen LogP contribution in [0, 0.1) is 12.8 Å². The van der Waals surface area contributed by atoms with Crippen molar-refractivity contribution in [2.45, 2.75) is 13.8 Å². The van der Waals surface area contributed by atoms with E-state index in [2.05, 4.69) is 31.5 Å². The molecule has 0 amide bonds. The van der Waals surface area contributed by atoms with Crippen molar-refractivity contribution in [1.29, 1.82) is 0 Å². The molecule has 1 aromatic rings. The molecule has 0 aromatic heterocycles. The summed E-state index contributed by atoms with van der Waals surface area (Å²) in [5.74, 6) is 1.87. The third-order valence-corrected chi connectivity index (χ3v) is 3.37. The van der Waals surface area contributed by atoms with Crippen LogP contribution in [0.4, 0.5) is 11.4 Å². The van der Waals surface area contributed by atoms with Gasteiger partial charge in [-0.2, -0.15) is 11.8 Å². The van der Waals surface area contributed by atoms with E-state index in [0.29, 0.717) is 5.92 Å². The molecule has 84 valence electrons. The molecule has 0 heterocycles. The topological polar surface area (TPSA) is 38.0 Å². The molecular formula is C12H20N2S. The number of nitrogen functional groups attached to an aromatic ring is 1. The van der Waals surface area contributed by atoms with Gasteiger partial charge >= 0.3 is 0 Å². The van der Waals surface area contributed by atoms with Crippen molar-refractivity contribution in [3.8, 4) is 0 Å². The molecular weight excluding hydrogens is 204 g/mol. The summed E-state index contributed by atoms with van der Waals surface area (Å²) in [6.07, 6.45) is 2.14. The van der Waals surface area contributed by atoms with Crippen LogP contribution in [0.1, 0.15) is 12.5 Å². The van der Waals surface area contributed by atoms with E-state index in [1.165, 1.54) is 5.75 Å². The number of benzene rings is 1. The first kappa shape index (κ1) is 12.2. The molecule has 2 nitrogen and oxygen atoms in total. The first-order chi connectivity index (χ1) is 7.15. The SMILES string of the molecule is CSCC(C)CNc1cccc(N)c1C. The number of hydrogen-bond acceptors (Lipinski definition) is 3. The summed E-state index contributed by atoms with van der Waals surface area (Å²) in [7, 11) is 0. The van der Waals surface area contributed by atoms with Crippen molar-refractivity contribution < 1.29 is 0 Å². The van der Waals surface area contributed by atoms with Crippen LogP contribution in [-0.2, 0) is 0 Å². The Morgan fingerprint density at radius 2 is 2.20 bits per heavy atom. The lowest BCUT2D eigenvalue weighted by Crippen LogP contribution is -2.14. The molecule has 1 atom stereocenters. The Kier molecular flexibility index (Phi) is 4.82. The number of anilines is 2. The van der Waals surface area contributed by atoms with E-state index in [-0.39, 0.29) is 0 Å². The van der Waals surface area contributed by atoms with E-state index < -0.39 is 0 Å². The van der Waals surface area contributed by atoms with Gasteiger partial charge in [-0.3, -0.25) is 0 Å². The van der Waals surface area contributed by atoms with Gasteiger partial charge in [-0.25, -0.2) is 0 Å². The molecule has 0 radical (unpaired) electrons. The maximum Gasteiger partial charge on any atom is 0.0390 e. The van der Waals surface area contributed by atoms with E-state index in [0.717, 1.165) is 23.5 Å². The molecule has 3 N–H and O–H groups in total. The van der Waals surface area contributed by atoms with Crippen LogP contribution in [0.5, 0.6) is 0 Å². The highest BCUT2D eigenvalue weighted by molar-refractivity contribution is 7.98. The smallest absolute Gasteiger partial charge is 0.0390 e. The Labute approximate surface area is 96.6 Å². The zero-order chi connectivity index (χ0) is 11.3. The summed E-state index contributed by atoms with van der Waals surface area (Å²) in [4.78, 5) is 0. The van der Waals surface area contributed by atoms with Crippen LogP contribution in [0.25, 0.3) is 0 Å². The quantitative estimate of drug-likeness (QED) is 0.755. The lowest BCUT2D eigenvalue weighted by atomic mass is 10.1. The van der Waals surface area contributed by atoms with Crippen molar-refractivity contribution in [1.82, 2.24) is 0 Å². The maximum atomic E-state index is 5.84. The third kappa shape index (κ3) is 3.67. The molecule has 0 aliphatic rings. The first-order valence-electron chi connectivity index (χ1n) is 5.23. The zero-order valence-corrected chi connectivity index (χ0v) is 10.5. The highest BCUT2D eigenvalue weighted by Gasteiger charge is 2.03. The largest absolute Gasteiger partial charge is 0.398 e. The molecule has 0 fully saturated rings. The molecule has 0 saturated carbocycles. The summed E-state index contributed by atoms with van der Waals surface area (Å²) < 4.78 is 0. The Morgan fingerprint density at radius 1 is 1.47 bits per heavy atom. The highest BCUT2D eigenvalue weighted by Crippen LogP contribution is 2.20. The van der Waals surface area contributed by atoms with Crippen LogP contribution >= 0.6 is 11.8 Å². The van der Waals surface area contributed by atoms with Gasteiger partial charge in [0, 0.05) is 17.9 Å². The van der Waals surface area contributed by atoms with Crippen LogP contribution in [0.15, 0.2) is 18.2 Å². The molecule has 3 heteroatoms. The zero-order valence-electron chi connectivity index (χ0n) is 9.71. The summed E-state index contributed by atoms with van der Waals surface area (Å²) in [6, 6.07) is 6.01. The average Bonchev–Trinajstić information content (AvgIpc) is 2.21. The van der Waals surface area contributed by atoms with E-state index in [1.807, 2.05) is 23.9 Å². The van der Waals surface area contributed by atoms with Gasteiger partial charge in [0.1, 0.15) is 0 Å². The molecule has 0 aliphatic heterocycles. The Balaban J connectivity index is 2.54. The summed E-state index contributed by atoms with van der Waals surface area (Å²) >= 11 is 1.89. The summed E-state index contributed by atoms with van der Waals surface area (Å²) in [5, 5.41) is 3.44. The Hall–Kier alpha value is -0.830. The predicted molar refractivity (Wildman–Crippen MR) is 71.6 cm³/mol. The molecule has 0 saturated heterocycles. The molecule has 1 unspecified atom stereocenters. The second kappa shape index (κ2) is 5.91. The minimum Gasteiger partial charge on any atom is -0.398 e. The van der Waals surface area contributed by atoms with Gasteiger partial charge in [-0.1, -0.05) is 13.0 Å². The van der Waals surface area contributed by atoms with Crippen molar-refractivity contribution in [2.24, 2.45) is 5.92 Å². The summed E-state index contributed by atoms with van der Waals surface area (Å²) in [5.41, 5.74) is 9.00. The standard InChI is InChI=1S/C12H20N2S/c1-9(8-15-3)7-14-12-6-4-5-11(13)10(12)2/h4-6,9,14H,7-8,13H2,1-3H3. The minimum absolute atomic E-state index is 0.681. The van der Waals surface area contributed by atoms with Crippen molar-refractivity contribution in [2.75, 3.05) is 29.6 Å². The fourth-order valence-electron chi connectivity index (χ4n) is 1.47. The number of nitrogens with two attached hydrogens (primary N) is 1. The molecule has 0 spiro atoms. The van der Waals surface area contributed by atoms with Crippen molar-refractivity contribution >= 4 is 23.1 Å². The van der Waals surface area contributed by atoms with Gasteiger partial charge in [0.15, 0.2) is 0 Å². The third-order valence-electron chi connectivity index (χ3n) is 2.47. The second-order valence-electron chi connectivity index (χ2n) is 3.96. The number of thioether (sulfide) groups is 1. The number of rotatable bonds is 5. The van der Waals surface area contributed by atoms with E-state index in [4.69, 9.17) is 5.73 Å². The van der Waals surface area contributed by atoms with Crippen LogP contribution in [0.2, 0.25) is 0 Å². The monoisotopic (exact) mass is 224 g/mol. The van der Waals surface area contributed by atoms with Gasteiger partial charge in [-0.05, 0) is 42.5 Å². The van der Waals surface area contributed by atoms with Crippen molar-refractivity contribution in [3.63, 3.8) is 0 Å². The van der Waals surface area contributed by atoms with Crippen LogP contribution in [-0.4, -0.2) is 18.6 Å². The van der Waals surface area contributed by atoms with Gasteiger partial charge in [0.2, 0.25) is 0 Å². The van der Waals surface area contributed by atoms with E-state index in [9.17, 15) is 0 Å². The predicted octanol–water partition coefficient (Wildman–Crippen LogP) is 2.99. The Morgan fingerprint density at radius 3 is 2.87 bits per heavy atom. The normalized spacial score (nSPS) is 12.5. The van der Waals surface area contributed by atoms with Crippen LogP contribution < -0.4 is 11.1 Å². The van der Waals surface area contributed by atoms with Gasteiger partial charge < -0.3 is 11.1 Å². The van der Waals surface area contributed by atoms with Gasteiger partial charge in [0.05, 0.1) is 0 Å². The fourth-order valence-corrected chi connectivity index (χ4v) is 2.16. The number of nitrogens with one attached hydrogen (secondary N) is 1. The van der Waals surface area contributed by atoms with E-state index in [1.54, 1.807) is 0 Å². The van der Waals surface area contributed by atoms with Crippen molar-refractivity contribution in [3.05, 3.63) is 23.8 Å². The molecule has 1 rings (SSSR count). The fraction of sp³-hybridized carbons (Fsp3) is 0.500. The summed E-state index contributed by atoms with van der Waals surface area (Å²) in [6.45, 7) is 5.31. The second-order valence-corrected chi connectivity index (χ2v) is 4.87. The molecule has 0 bridgehead atoms. The Bertz CT molecular complexity index is 312. The maximum absolute atomic E-state index is 5.84. The van der Waals surface area contributed by atoms with Crippen LogP contribution in [0.3, 0.4) is 0 Å². The average molecular weight is 224 g/mol. The highest BCUT2D eigenvalue weighted by atomic mass is 32.2. The lowest BCUT2D eigenvalue weighted by Gasteiger charge is -2.14. The lowest BCUT2D eigenvalue weighted by molar-refractivity contribution is 0.701. The van der Waals surface area contributed by atoms with Gasteiger partial charge in [-0.15, -0.1) is 0 Å². The molecule has 15 heavy (non-hydrogen) atoms. The molecule has 0 aliphatic carbocycles. The number of hydrogen-bond donors (Lipinski definition) is 2. The minimum atomic E-state index is 0.681. The molecule has 1 aromatic carbocycles. The van der Waals surface area contributed by atoms with E-state index >= 15 is 0 Å². The first-order valence-corrected chi connectivity index (χ1v) is 6.62.